The first kappa shape index (κ1) is 11.7. The molecule has 92 valence electrons. The van der Waals surface area contributed by atoms with Crippen molar-refractivity contribution in [3.63, 3.8) is 0 Å². The van der Waals surface area contributed by atoms with E-state index in [0.29, 0.717) is 6.04 Å². The van der Waals surface area contributed by atoms with Gasteiger partial charge in [-0.2, -0.15) is 0 Å². The van der Waals surface area contributed by atoms with Crippen molar-refractivity contribution in [2.75, 3.05) is 33.2 Å². The van der Waals surface area contributed by atoms with Gasteiger partial charge in [0.1, 0.15) is 0 Å². The molecule has 1 fully saturated rings. The van der Waals surface area contributed by atoms with Crippen LogP contribution in [0.1, 0.15) is 23.6 Å². The summed E-state index contributed by atoms with van der Waals surface area (Å²) in [4.78, 5) is 5.09. The molecule has 0 amide bonds. The van der Waals surface area contributed by atoms with Crippen LogP contribution in [0.15, 0.2) is 22.7 Å². The van der Waals surface area contributed by atoms with E-state index in [-0.39, 0.29) is 0 Å². The maximum absolute atomic E-state index is 3.57. The van der Waals surface area contributed by atoms with Gasteiger partial charge in [0, 0.05) is 36.7 Å². The van der Waals surface area contributed by atoms with E-state index in [2.05, 4.69) is 51.0 Å². The third-order valence-electron chi connectivity index (χ3n) is 4.13. The molecule has 0 bridgehead atoms. The van der Waals surface area contributed by atoms with Crippen molar-refractivity contribution in [3.05, 3.63) is 33.8 Å². The minimum Gasteiger partial charge on any atom is -0.304 e. The molecule has 17 heavy (non-hydrogen) atoms. The Morgan fingerprint density at radius 2 is 1.94 bits per heavy atom. The minimum absolute atomic E-state index is 0.673. The Morgan fingerprint density at radius 1 is 1.18 bits per heavy atom. The lowest BCUT2D eigenvalue weighted by Crippen LogP contribution is -2.45. The van der Waals surface area contributed by atoms with Gasteiger partial charge in [0.15, 0.2) is 0 Å². The molecule has 0 aromatic heterocycles. The summed E-state index contributed by atoms with van der Waals surface area (Å²) in [6.07, 6.45) is 2.54. The van der Waals surface area contributed by atoms with Gasteiger partial charge in [-0.1, -0.05) is 22.0 Å². The molecule has 1 aliphatic heterocycles. The van der Waals surface area contributed by atoms with Crippen LogP contribution in [0.25, 0.3) is 0 Å². The highest BCUT2D eigenvalue weighted by atomic mass is 79.9. The highest BCUT2D eigenvalue weighted by molar-refractivity contribution is 9.10. The Balaban J connectivity index is 1.79. The SMILES string of the molecule is CN1CCN([C@@H]2CCc3cc(Br)ccc32)CC1. The zero-order valence-electron chi connectivity index (χ0n) is 10.3. The molecular formula is C14H19BrN2. The number of likely N-dealkylation sites (N-methyl/N-ethyl adjacent to an activating group) is 1. The van der Waals surface area contributed by atoms with Crippen LogP contribution in [0, 0.1) is 0 Å². The number of halogens is 1. The Hall–Kier alpha value is -0.380. The molecule has 0 saturated carbocycles. The van der Waals surface area contributed by atoms with Crippen molar-refractivity contribution < 1.29 is 0 Å². The number of fused-ring (bicyclic) bond motifs is 1. The van der Waals surface area contributed by atoms with Crippen molar-refractivity contribution in [3.8, 4) is 0 Å². The molecule has 2 aliphatic rings. The fraction of sp³-hybridized carbons (Fsp3) is 0.571. The van der Waals surface area contributed by atoms with E-state index in [4.69, 9.17) is 0 Å². The predicted octanol–water partition coefficient (Wildman–Crippen LogP) is 2.68. The monoisotopic (exact) mass is 294 g/mol. The zero-order chi connectivity index (χ0) is 11.8. The summed E-state index contributed by atoms with van der Waals surface area (Å²) in [7, 11) is 2.22. The van der Waals surface area contributed by atoms with E-state index in [1.807, 2.05) is 0 Å². The topological polar surface area (TPSA) is 6.48 Å². The Bertz CT molecular complexity index is 411. The van der Waals surface area contributed by atoms with E-state index in [1.165, 1.54) is 43.5 Å². The summed E-state index contributed by atoms with van der Waals surface area (Å²) >= 11 is 3.57. The second kappa shape index (κ2) is 4.71. The van der Waals surface area contributed by atoms with Gasteiger partial charge in [0.25, 0.3) is 0 Å². The highest BCUT2D eigenvalue weighted by Gasteiger charge is 2.29. The second-order valence-electron chi connectivity index (χ2n) is 5.24. The predicted molar refractivity (Wildman–Crippen MR) is 74.3 cm³/mol. The maximum atomic E-state index is 3.57. The smallest absolute Gasteiger partial charge is 0.0355 e. The normalized spacial score (nSPS) is 26.1. The summed E-state index contributed by atoms with van der Waals surface area (Å²) in [6, 6.07) is 7.47. The van der Waals surface area contributed by atoms with Crippen LogP contribution < -0.4 is 0 Å². The van der Waals surface area contributed by atoms with Crippen molar-refractivity contribution in [1.82, 2.24) is 9.80 Å². The average molecular weight is 295 g/mol. The lowest BCUT2D eigenvalue weighted by atomic mass is 10.1. The number of aryl methyl sites for hydroxylation is 1. The molecular weight excluding hydrogens is 276 g/mol. The second-order valence-corrected chi connectivity index (χ2v) is 6.15. The summed E-state index contributed by atoms with van der Waals surface area (Å²) in [5, 5.41) is 0. The van der Waals surface area contributed by atoms with E-state index < -0.39 is 0 Å². The Morgan fingerprint density at radius 3 is 2.71 bits per heavy atom. The molecule has 1 aromatic rings. The lowest BCUT2D eigenvalue weighted by Gasteiger charge is -2.36. The first-order chi connectivity index (χ1) is 8.24. The number of piperazine rings is 1. The van der Waals surface area contributed by atoms with E-state index in [1.54, 1.807) is 11.1 Å². The van der Waals surface area contributed by atoms with Crippen LogP contribution in [0.2, 0.25) is 0 Å². The van der Waals surface area contributed by atoms with Gasteiger partial charge in [0.05, 0.1) is 0 Å². The molecule has 0 spiro atoms. The first-order valence-corrected chi connectivity index (χ1v) is 7.24. The third kappa shape index (κ3) is 2.28. The van der Waals surface area contributed by atoms with Crippen LogP contribution in [0.4, 0.5) is 0 Å². The molecule has 0 radical (unpaired) electrons. The van der Waals surface area contributed by atoms with Gasteiger partial charge in [-0.25, -0.2) is 0 Å². The summed E-state index contributed by atoms with van der Waals surface area (Å²) in [6.45, 7) is 4.86. The molecule has 3 rings (SSSR count). The third-order valence-corrected chi connectivity index (χ3v) is 4.62. The van der Waals surface area contributed by atoms with Crippen molar-refractivity contribution in [2.24, 2.45) is 0 Å². The molecule has 2 nitrogen and oxygen atoms in total. The number of rotatable bonds is 1. The van der Waals surface area contributed by atoms with Crippen molar-refractivity contribution in [2.45, 2.75) is 18.9 Å². The molecule has 1 atom stereocenters. The first-order valence-electron chi connectivity index (χ1n) is 6.45. The molecule has 1 aromatic carbocycles. The molecule has 3 heteroatoms. The fourth-order valence-corrected chi connectivity index (χ4v) is 3.48. The standard InChI is InChI=1S/C14H19BrN2/c1-16-6-8-17(9-7-16)14-5-2-11-10-12(15)3-4-13(11)14/h3-4,10,14H,2,5-9H2,1H3/t14-/m1/s1. The van der Waals surface area contributed by atoms with Crippen LogP contribution in [-0.2, 0) is 6.42 Å². The summed E-state index contributed by atoms with van der Waals surface area (Å²) in [5.41, 5.74) is 3.11. The fourth-order valence-electron chi connectivity index (χ4n) is 3.08. The van der Waals surface area contributed by atoms with Crippen molar-refractivity contribution >= 4 is 15.9 Å². The molecule has 1 heterocycles. The average Bonchev–Trinajstić information content (AvgIpc) is 2.73. The van der Waals surface area contributed by atoms with Gasteiger partial charge >= 0.3 is 0 Å². The van der Waals surface area contributed by atoms with Gasteiger partial charge in [0.2, 0.25) is 0 Å². The Kier molecular flexibility index (Phi) is 3.24. The lowest BCUT2D eigenvalue weighted by molar-refractivity contribution is 0.111. The van der Waals surface area contributed by atoms with E-state index in [0.717, 1.165) is 0 Å². The Labute approximate surface area is 112 Å². The summed E-state index contributed by atoms with van der Waals surface area (Å²) in [5.74, 6) is 0. The van der Waals surface area contributed by atoms with Crippen LogP contribution in [0.3, 0.4) is 0 Å². The zero-order valence-corrected chi connectivity index (χ0v) is 11.9. The largest absolute Gasteiger partial charge is 0.304 e. The van der Waals surface area contributed by atoms with Crippen LogP contribution in [-0.4, -0.2) is 43.0 Å². The molecule has 1 saturated heterocycles. The minimum atomic E-state index is 0.673. The van der Waals surface area contributed by atoms with Gasteiger partial charge < -0.3 is 4.90 Å². The van der Waals surface area contributed by atoms with Gasteiger partial charge in [-0.05, 0) is 43.1 Å². The van der Waals surface area contributed by atoms with E-state index in [9.17, 15) is 0 Å². The summed E-state index contributed by atoms with van der Waals surface area (Å²) < 4.78 is 1.22. The highest BCUT2D eigenvalue weighted by Crippen LogP contribution is 2.37. The van der Waals surface area contributed by atoms with Gasteiger partial charge in [-0.15, -0.1) is 0 Å². The molecule has 1 aliphatic carbocycles. The number of benzene rings is 1. The van der Waals surface area contributed by atoms with Crippen molar-refractivity contribution in [1.29, 1.82) is 0 Å². The number of hydrogen-bond acceptors (Lipinski definition) is 2. The van der Waals surface area contributed by atoms with Gasteiger partial charge in [-0.3, -0.25) is 4.90 Å². The number of nitrogens with zero attached hydrogens (tertiary/aromatic N) is 2. The molecule has 0 unspecified atom stereocenters. The quantitative estimate of drug-likeness (QED) is 0.786. The van der Waals surface area contributed by atoms with E-state index >= 15 is 0 Å². The van der Waals surface area contributed by atoms with Crippen LogP contribution >= 0.6 is 15.9 Å². The number of hydrogen-bond donors (Lipinski definition) is 0. The maximum Gasteiger partial charge on any atom is 0.0355 e. The molecule has 0 N–H and O–H groups in total. The van der Waals surface area contributed by atoms with Crippen LogP contribution in [0.5, 0.6) is 0 Å².